The SMILES string of the molecule is COc1cc(NC(=O)[C@H](C)NC(=O)c2ccc(Cl)c([N+](=O)[O-])c2)cc(OC)c1. The van der Waals surface area contributed by atoms with Gasteiger partial charge < -0.3 is 20.1 Å². The molecule has 2 N–H and O–H groups in total. The van der Waals surface area contributed by atoms with Crippen molar-refractivity contribution < 1.29 is 24.0 Å². The van der Waals surface area contributed by atoms with Gasteiger partial charge in [-0.3, -0.25) is 19.7 Å². The summed E-state index contributed by atoms with van der Waals surface area (Å²) in [5.41, 5.74) is 0.0399. The molecule has 2 aromatic carbocycles. The molecule has 0 heterocycles. The van der Waals surface area contributed by atoms with E-state index < -0.39 is 28.5 Å². The zero-order chi connectivity index (χ0) is 20.8. The lowest BCUT2D eigenvalue weighted by atomic mass is 10.1. The lowest BCUT2D eigenvalue weighted by Gasteiger charge is -2.15. The van der Waals surface area contributed by atoms with E-state index in [9.17, 15) is 19.7 Å². The summed E-state index contributed by atoms with van der Waals surface area (Å²) < 4.78 is 10.3. The van der Waals surface area contributed by atoms with Crippen LogP contribution in [0.2, 0.25) is 5.02 Å². The summed E-state index contributed by atoms with van der Waals surface area (Å²) in [5.74, 6) is -0.169. The molecule has 0 saturated carbocycles. The lowest BCUT2D eigenvalue weighted by Crippen LogP contribution is -2.41. The Hall–Kier alpha value is -3.33. The Morgan fingerprint density at radius 2 is 1.71 bits per heavy atom. The number of nitrogens with one attached hydrogen (secondary N) is 2. The summed E-state index contributed by atoms with van der Waals surface area (Å²) in [6.07, 6.45) is 0. The molecule has 0 aromatic heterocycles. The van der Waals surface area contributed by atoms with Crippen molar-refractivity contribution in [3.05, 3.63) is 57.1 Å². The second-order valence-electron chi connectivity index (χ2n) is 5.71. The molecule has 0 saturated heterocycles. The second-order valence-corrected chi connectivity index (χ2v) is 6.12. The summed E-state index contributed by atoms with van der Waals surface area (Å²) in [5, 5.41) is 16.0. The van der Waals surface area contributed by atoms with E-state index in [1.165, 1.54) is 33.3 Å². The minimum absolute atomic E-state index is 0.0128. The van der Waals surface area contributed by atoms with Crippen molar-refractivity contribution in [2.45, 2.75) is 13.0 Å². The van der Waals surface area contributed by atoms with Crippen LogP contribution in [-0.2, 0) is 4.79 Å². The summed E-state index contributed by atoms with van der Waals surface area (Å²) in [7, 11) is 2.96. The van der Waals surface area contributed by atoms with E-state index in [4.69, 9.17) is 21.1 Å². The maximum Gasteiger partial charge on any atom is 0.288 e. The Bertz CT molecular complexity index is 896. The molecule has 2 rings (SSSR count). The molecule has 0 fully saturated rings. The van der Waals surface area contributed by atoms with Gasteiger partial charge in [-0.05, 0) is 19.1 Å². The highest BCUT2D eigenvalue weighted by molar-refractivity contribution is 6.32. The van der Waals surface area contributed by atoms with Gasteiger partial charge in [-0.25, -0.2) is 0 Å². The smallest absolute Gasteiger partial charge is 0.288 e. The fraction of sp³-hybridized carbons (Fsp3) is 0.222. The van der Waals surface area contributed by atoms with E-state index in [-0.39, 0.29) is 10.6 Å². The fourth-order valence-electron chi connectivity index (χ4n) is 2.27. The second kappa shape index (κ2) is 9.05. The normalized spacial score (nSPS) is 11.3. The molecular formula is C18H18ClN3O6. The number of hydrogen-bond acceptors (Lipinski definition) is 6. The van der Waals surface area contributed by atoms with Crippen molar-refractivity contribution >= 4 is 34.8 Å². The van der Waals surface area contributed by atoms with Crippen molar-refractivity contribution in [1.29, 1.82) is 0 Å². The van der Waals surface area contributed by atoms with Gasteiger partial charge in [0.2, 0.25) is 5.91 Å². The number of hydrogen-bond donors (Lipinski definition) is 2. The Kier molecular flexibility index (Phi) is 6.78. The molecule has 0 aliphatic carbocycles. The van der Waals surface area contributed by atoms with Crippen molar-refractivity contribution in [2.75, 3.05) is 19.5 Å². The Morgan fingerprint density at radius 3 is 2.25 bits per heavy atom. The molecule has 0 aliphatic rings. The zero-order valence-electron chi connectivity index (χ0n) is 15.3. The highest BCUT2D eigenvalue weighted by Gasteiger charge is 2.20. The highest BCUT2D eigenvalue weighted by Crippen LogP contribution is 2.26. The van der Waals surface area contributed by atoms with Crippen LogP contribution in [0, 0.1) is 10.1 Å². The molecule has 0 radical (unpaired) electrons. The number of nitro groups is 1. The van der Waals surface area contributed by atoms with Crippen molar-refractivity contribution in [3.8, 4) is 11.5 Å². The minimum Gasteiger partial charge on any atom is -0.497 e. The molecule has 0 aliphatic heterocycles. The van der Waals surface area contributed by atoms with Crippen LogP contribution in [0.5, 0.6) is 11.5 Å². The summed E-state index contributed by atoms with van der Waals surface area (Å²) in [6.45, 7) is 1.48. The first-order valence-corrected chi connectivity index (χ1v) is 8.41. The van der Waals surface area contributed by atoms with Crippen LogP contribution < -0.4 is 20.1 Å². The van der Waals surface area contributed by atoms with Crippen LogP contribution in [0.3, 0.4) is 0 Å². The molecule has 9 nitrogen and oxygen atoms in total. The number of ether oxygens (including phenoxy) is 2. The van der Waals surface area contributed by atoms with Crippen molar-refractivity contribution in [2.24, 2.45) is 0 Å². The number of amides is 2. The number of carbonyl (C=O) groups is 2. The first kappa shape index (κ1) is 21.0. The first-order valence-electron chi connectivity index (χ1n) is 8.04. The van der Waals surface area contributed by atoms with E-state index in [0.29, 0.717) is 17.2 Å². The fourth-order valence-corrected chi connectivity index (χ4v) is 2.46. The molecule has 28 heavy (non-hydrogen) atoms. The van der Waals surface area contributed by atoms with Crippen LogP contribution in [0.1, 0.15) is 17.3 Å². The number of halogens is 1. The zero-order valence-corrected chi connectivity index (χ0v) is 16.1. The molecule has 2 aromatic rings. The van der Waals surface area contributed by atoms with E-state index in [1.807, 2.05) is 0 Å². The summed E-state index contributed by atoms with van der Waals surface area (Å²) in [4.78, 5) is 34.9. The molecule has 0 unspecified atom stereocenters. The van der Waals surface area contributed by atoms with E-state index in [1.54, 1.807) is 18.2 Å². The first-order chi connectivity index (χ1) is 13.2. The van der Waals surface area contributed by atoms with Gasteiger partial charge >= 0.3 is 0 Å². The molecule has 10 heteroatoms. The van der Waals surface area contributed by atoms with Gasteiger partial charge in [0.05, 0.1) is 19.1 Å². The quantitative estimate of drug-likeness (QED) is 0.537. The van der Waals surface area contributed by atoms with Crippen molar-refractivity contribution in [1.82, 2.24) is 5.32 Å². The van der Waals surface area contributed by atoms with E-state index in [2.05, 4.69) is 10.6 Å². The van der Waals surface area contributed by atoms with Gasteiger partial charge in [-0.2, -0.15) is 0 Å². The van der Waals surface area contributed by atoms with Crippen LogP contribution in [0.4, 0.5) is 11.4 Å². The maximum atomic E-state index is 12.4. The maximum absolute atomic E-state index is 12.4. The molecular weight excluding hydrogens is 390 g/mol. The number of anilines is 1. The number of nitrogens with zero attached hydrogens (tertiary/aromatic N) is 1. The van der Waals surface area contributed by atoms with Crippen molar-refractivity contribution in [3.63, 3.8) is 0 Å². The number of methoxy groups -OCH3 is 2. The summed E-state index contributed by atoms with van der Waals surface area (Å²) in [6, 6.07) is 7.56. The van der Waals surface area contributed by atoms with E-state index >= 15 is 0 Å². The van der Waals surface area contributed by atoms with Crippen LogP contribution in [-0.4, -0.2) is 37.0 Å². The number of carbonyl (C=O) groups excluding carboxylic acids is 2. The van der Waals surface area contributed by atoms with Crippen LogP contribution in [0.25, 0.3) is 0 Å². The van der Waals surface area contributed by atoms with Crippen LogP contribution in [0.15, 0.2) is 36.4 Å². The minimum atomic E-state index is -0.917. The average molecular weight is 408 g/mol. The molecule has 0 spiro atoms. The van der Waals surface area contributed by atoms with Gasteiger partial charge in [0.15, 0.2) is 0 Å². The predicted octanol–water partition coefficient (Wildman–Crippen LogP) is 3.02. The number of nitro benzene ring substituents is 1. The molecule has 148 valence electrons. The lowest BCUT2D eigenvalue weighted by molar-refractivity contribution is -0.384. The highest BCUT2D eigenvalue weighted by atomic mass is 35.5. The predicted molar refractivity (Wildman–Crippen MR) is 103 cm³/mol. The third-order valence-electron chi connectivity index (χ3n) is 3.76. The van der Waals surface area contributed by atoms with Gasteiger partial charge in [0.1, 0.15) is 22.6 Å². The Morgan fingerprint density at radius 1 is 1.11 bits per heavy atom. The van der Waals surface area contributed by atoms with Gasteiger partial charge in [-0.15, -0.1) is 0 Å². The number of rotatable bonds is 7. The van der Waals surface area contributed by atoms with Gasteiger partial charge in [-0.1, -0.05) is 11.6 Å². The third-order valence-corrected chi connectivity index (χ3v) is 4.08. The number of benzene rings is 2. The summed E-state index contributed by atoms with van der Waals surface area (Å²) >= 11 is 5.73. The molecule has 0 bridgehead atoms. The Labute approximate surface area is 165 Å². The average Bonchev–Trinajstić information content (AvgIpc) is 2.67. The Balaban J connectivity index is 2.09. The van der Waals surface area contributed by atoms with Gasteiger partial charge in [0, 0.05) is 35.5 Å². The molecule has 2 amide bonds. The largest absolute Gasteiger partial charge is 0.497 e. The van der Waals surface area contributed by atoms with E-state index in [0.717, 1.165) is 6.07 Å². The third kappa shape index (κ3) is 5.10. The van der Waals surface area contributed by atoms with Crippen LogP contribution >= 0.6 is 11.6 Å². The monoisotopic (exact) mass is 407 g/mol. The standard InChI is InChI=1S/C18H18ClN3O6/c1-10(17(23)21-12-7-13(27-2)9-14(8-12)28-3)20-18(24)11-4-5-15(19)16(6-11)22(25)26/h4-10H,1-3H3,(H,20,24)(H,21,23)/t10-/m0/s1. The topological polar surface area (TPSA) is 120 Å². The molecule has 1 atom stereocenters. The van der Waals surface area contributed by atoms with Gasteiger partial charge in [0.25, 0.3) is 11.6 Å².